The standard InChI is InChI=1S/C14H14N2O4S/c1-16(7-9-3-2-4-11(17)15-9)14(18)13-12-10(8-21-13)19-5-6-20-12/h2-4,8H,5-7H2,1H3,(H,15,17). The smallest absolute Gasteiger partial charge is 0.267 e. The number of rotatable bonds is 3. The molecule has 0 unspecified atom stereocenters. The van der Waals surface area contributed by atoms with Gasteiger partial charge in [0.1, 0.15) is 18.1 Å². The van der Waals surface area contributed by atoms with E-state index in [9.17, 15) is 9.59 Å². The number of aromatic amines is 1. The van der Waals surface area contributed by atoms with Crippen molar-refractivity contribution in [1.29, 1.82) is 0 Å². The number of H-pyrrole nitrogens is 1. The van der Waals surface area contributed by atoms with Gasteiger partial charge in [-0.3, -0.25) is 9.59 Å². The average Bonchev–Trinajstić information content (AvgIpc) is 2.90. The maximum absolute atomic E-state index is 12.5. The largest absolute Gasteiger partial charge is 0.485 e. The van der Waals surface area contributed by atoms with Crippen LogP contribution in [0.1, 0.15) is 15.4 Å². The molecule has 1 aliphatic heterocycles. The molecule has 1 N–H and O–H groups in total. The minimum absolute atomic E-state index is 0.156. The molecule has 2 aromatic rings. The van der Waals surface area contributed by atoms with Crippen LogP contribution in [0.3, 0.4) is 0 Å². The average molecular weight is 306 g/mol. The van der Waals surface area contributed by atoms with Crippen LogP contribution >= 0.6 is 11.3 Å². The SMILES string of the molecule is CN(Cc1cccc(=O)[nH]1)C(=O)c1scc2c1OCCO2. The normalized spacial score (nSPS) is 13.0. The maximum atomic E-state index is 12.5. The van der Waals surface area contributed by atoms with E-state index >= 15 is 0 Å². The molecular weight excluding hydrogens is 292 g/mol. The first-order valence-electron chi connectivity index (χ1n) is 6.46. The summed E-state index contributed by atoms with van der Waals surface area (Å²) in [7, 11) is 1.68. The Labute approximate surface area is 124 Å². The second-order valence-corrected chi connectivity index (χ2v) is 5.54. The van der Waals surface area contributed by atoms with Gasteiger partial charge in [-0.15, -0.1) is 11.3 Å². The van der Waals surface area contributed by atoms with Gasteiger partial charge >= 0.3 is 0 Å². The van der Waals surface area contributed by atoms with Crippen LogP contribution in [-0.4, -0.2) is 36.1 Å². The number of carbonyl (C=O) groups excluding carboxylic acids is 1. The molecule has 0 aliphatic carbocycles. The fraction of sp³-hybridized carbons (Fsp3) is 0.286. The van der Waals surface area contributed by atoms with Crippen molar-refractivity contribution in [2.75, 3.05) is 20.3 Å². The molecule has 3 rings (SSSR count). The zero-order valence-corrected chi connectivity index (χ0v) is 12.2. The second-order valence-electron chi connectivity index (χ2n) is 4.66. The number of pyridine rings is 1. The van der Waals surface area contributed by atoms with Gasteiger partial charge in [-0.2, -0.15) is 0 Å². The van der Waals surface area contributed by atoms with Crippen molar-refractivity contribution in [3.8, 4) is 11.5 Å². The number of carbonyl (C=O) groups is 1. The van der Waals surface area contributed by atoms with E-state index in [0.29, 0.717) is 41.8 Å². The molecule has 7 heteroatoms. The van der Waals surface area contributed by atoms with Gasteiger partial charge in [0.15, 0.2) is 11.5 Å². The lowest BCUT2D eigenvalue weighted by atomic mass is 10.3. The highest BCUT2D eigenvalue weighted by atomic mass is 32.1. The van der Waals surface area contributed by atoms with Crippen molar-refractivity contribution in [2.45, 2.75) is 6.54 Å². The summed E-state index contributed by atoms with van der Waals surface area (Å²) in [5, 5.41) is 1.78. The number of fused-ring (bicyclic) bond motifs is 1. The summed E-state index contributed by atoms with van der Waals surface area (Å²) in [5.41, 5.74) is 0.500. The Hall–Kier alpha value is -2.28. The summed E-state index contributed by atoms with van der Waals surface area (Å²) in [6.07, 6.45) is 0. The van der Waals surface area contributed by atoms with E-state index in [1.807, 2.05) is 0 Å². The lowest BCUT2D eigenvalue weighted by molar-refractivity contribution is 0.0779. The molecule has 0 spiro atoms. The van der Waals surface area contributed by atoms with E-state index in [4.69, 9.17) is 9.47 Å². The number of ether oxygens (including phenoxy) is 2. The van der Waals surface area contributed by atoms with Gasteiger partial charge in [-0.1, -0.05) is 6.07 Å². The van der Waals surface area contributed by atoms with E-state index in [-0.39, 0.29) is 11.5 Å². The van der Waals surface area contributed by atoms with Gasteiger partial charge in [-0.25, -0.2) is 0 Å². The molecule has 2 aromatic heterocycles. The molecule has 0 fully saturated rings. The van der Waals surface area contributed by atoms with Crippen LogP contribution in [-0.2, 0) is 6.54 Å². The highest BCUT2D eigenvalue weighted by Crippen LogP contribution is 2.39. The lowest BCUT2D eigenvalue weighted by Gasteiger charge is -2.19. The van der Waals surface area contributed by atoms with Crippen molar-refractivity contribution in [3.05, 3.63) is 44.5 Å². The van der Waals surface area contributed by atoms with E-state index in [1.54, 1.807) is 24.6 Å². The third-order valence-corrected chi connectivity index (χ3v) is 4.01. The van der Waals surface area contributed by atoms with Crippen molar-refractivity contribution < 1.29 is 14.3 Å². The molecule has 110 valence electrons. The lowest BCUT2D eigenvalue weighted by Crippen LogP contribution is -2.27. The predicted molar refractivity (Wildman–Crippen MR) is 78.2 cm³/mol. The van der Waals surface area contributed by atoms with E-state index in [0.717, 1.165) is 0 Å². The summed E-state index contributed by atoms with van der Waals surface area (Å²) in [5.74, 6) is 0.984. The number of nitrogens with zero attached hydrogens (tertiary/aromatic N) is 1. The van der Waals surface area contributed by atoms with Gasteiger partial charge in [0.05, 0.1) is 6.54 Å². The fourth-order valence-corrected chi connectivity index (χ4v) is 3.02. The number of nitrogens with one attached hydrogen (secondary N) is 1. The molecule has 0 atom stereocenters. The Bertz CT molecular complexity index is 722. The first kappa shape index (κ1) is 13.7. The quantitative estimate of drug-likeness (QED) is 0.932. The minimum atomic E-state index is -0.182. The molecule has 1 amide bonds. The van der Waals surface area contributed by atoms with Gasteiger partial charge < -0.3 is 19.4 Å². The molecule has 0 saturated carbocycles. The topological polar surface area (TPSA) is 71.6 Å². The number of hydrogen-bond donors (Lipinski definition) is 1. The molecule has 0 bridgehead atoms. The number of thiophene rings is 1. The van der Waals surface area contributed by atoms with Gasteiger partial charge in [-0.05, 0) is 6.07 Å². The Balaban J connectivity index is 1.78. The Morgan fingerprint density at radius 1 is 1.38 bits per heavy atom. The minimum Gasteiger partial charge on any atom is -0.485 e. The summed E-state index contributed by atoms with van der Waals surface area (Å²) in [6.45, 7) is 1.26. The highest BCUT2D eigenvalue weighted by Gasteiger charge is 2.25. The van der Waals surface area contributed by atoms with Crippen LogP contribution in [0.2, 0.25) is 0 Å². The van der Waals surface area contributed by atoms with Crippen LogP contribution in [0.25, 0.3) is 0 Å². The maximum Gasteiger partial charge on any atom is 0.267 e. The molecule has 3 heterocycles. The molecule has 6 nitrogen and oxygen atoms in total. The van der Waals surface area contributed by atoms with Crippen LogP contribution in [0.4, 0.5) is 0 Å². The van der Waals surface area contributed by atoms with Crippen LogP contribution in [0.15, 0.2) is 28.4 Å². The Kier molecular flexibility index (Phi) is 3.66. The van der Waals surface area contributed by atoms with Crippen LogP contribution < -0.4 is 15.0 Å². The monoisotopic (exact) mass is 306 g/mol. The number of aromatic nitrogens is 1. The summed E-state index contributed by atoms with van der Waals surface area (Å²) in [6, 6.07) is 4.87. The van der Waals surface area contributed by atoms with Crippen molar-refractivity contribution >= 4 is 17.2 Å². The molecule has 0 aromatic carbocycles. The van der Waals surface area contributed by atoms with Crippen molar-refractivity contribution in [2.24, 2.45) is 0 Å². The van der Waals surface area contributed by atoms with Crippen molar-refractivity contribution in [1.82, 2.24) is 9.88 Å². The Morgan fingerprint density at radius 3 is 3.00 bits per heavy atom. The highest BCUT2D eigenvalue weighted by molar-refractivity contribution is 7.12. The number of amides is 1. The van der Waals surface area contributed by atoms with Gasteiger partial charge in [0, 0.05) is 24.2 Å². The fourth-order valence-electron chi connectivity index (χ4n) is 2.10. The third kappa shape index (κ3) is 2.78. The molecule has 1 aliphatic rings. The predicted octanol–water partition coefficient (Wildman–Crippen LogP) is 1.48. The molecule has 21 heavy (non-hydrogen) atoms. The zero-order valence-electron chi connectivity index (χ0n) is 11.4. The second kappa shape index (κ2) is 5.61. The first-order valence-corrected chi connectivity index (χ1v) is 7.34. The first-order chi connectivity index (χ1) is 10.1. The summed E-state index contributed by atoms with van der Waals surface area (Å²) < 4.78 is 11.0. The Morgan fingerprint density at radius 2 is 2.19 bits per heavy atom. The molecule has 0 radical (unpaired) electrons. The van der Waals surface area contributed by atoms with E-state index in [1.165, 1.54) is 22.3 Å². The zero-order chi connectivity index (χ0) is 14.8. The van der Waals surface area contributed by atoms with E-state index in [2.05, 4.69) is 4.98 Å². The van der Waals surface area contributed by atoms with E-state index < -0.39 is 0 Å². The van der Waals surface area contributed by atoms with Crippen LogP contribution in [0.5, 0.6) is 11.5 Å². The third-order valence-electron chi connectivity index (χ3n) is 3.08. The molecular formula is C14H14N2O4S. The summed E-state index contributed by atoms with van der Waals surface area (Å²) in [4.78, 5) is 28.5. The van der Waals surface area contributed by atoms with Crippen LogP contribution in [0, 0.1) is 0 Å². The van der Waals surface area contributed by atoms with Gasteiger partial charge in [0.25, 0.3) is 5.91 Å². The van der Waals surface area contributed by atoms with Crippen molar-refractivity contribution in [3.63, 3.8) is 0 Å². The summed E-state index contributed by atoms with van der Waals surface area (Å²) >= 11 is 1.30. The number of hydrogen-bond acceptors (Lipinski definition) is 5. The van der Waals surface area contributed by atoms with Gasteiger partial charge in [0.2, 0.25) is 5.56 Å². The molecule has 0 saturated heterocycles.